The summed E-state index contributed by atoms with van der Waals surface area (Å²) >= 11 is 9.40. The Morgan fingerprint density at radius 1 is 1.45 bits per heavy atom. The molecule has 0 N–H and O–H groups in total. The Kier molecular flexibility index (Phi) is 4.04. The average molecular weight is 357 g/mol. The molecule has 5 heteroatoms. The average Bonchev–Trinajstić information content (AvgIpc) is 3.09. The summed E-state index contributed by atoms with van der Waals surface area (Å²) in [4.78, 5) is 9.29. The fraction of sp³-hybridized carbons (Fsp3) is 0.600. The molecular formula is C15H19BrClN3. The molecule has 0 unspecified atom stereocenters. The van der Waals surface area contributed by atoms with Gasteiger partial charge in [-0.15, -0.1) is 11.6 Å². The van der Waals surface area contributed by atoms with Gasteiger partial charge in [-0.25, -0.2) is 9.97 Å². The molecule has 1 saturated carbocycles. The van der Waals surface area contributed by atoms with E-state index in [1.54, 1.807) is 0 Å². The Hall–Kier alpha value is -0.610. The minimum atomic E-state index is 0.484. The van der Waals surface area contributed by atoms with Gasteiger partial charge in [0.2, 0.25) is 0 Å². The first-order valence-corrected chi connectivity index (χ1v) is 8.57. The molecule has 1 fully saturated rings. The van der Waals surface area contributed by atoms with Crippen molar-refractivity contribution in [2.24, 2.45) is 5.41 Å². The summed E-state index contributed by atoms with van der Waals surface area (Å²) in [6, 6.07) is 2.04. The summed E-state index contributed by atoms with van der Waals surface area (Å²) in [5.41, 5.74) is 2.44. The van der Waals surface area contributed by atoms with Gasteiger partial charge in [0.1, 0.15) is 11.3 Å². The zero-order valence-corrected chi connectivity index (χ0v) is 14.0. The summed E-state index contributed by atoms with van der Waals surface area (Å²) in [7, 11) is 0. The summed E-state index contributed by atoms with van der Waals surface area (Å²) in [5.74, 6) is 1.67. The fourth-order valence-electron chi connectivity index (χ4n) is 3.00. The second-order valence-corrected chi connectivity index (χ2v) is 7.09. The minimum absolute atomic E-state index is 0.484. The van der Waals surface area contributed by atoms with Crippen molar-refractivity contribution in [2.75, 3.05) is 5.88 Å². The van der Waals surface area contributed by atoms with Crippen molar-refractivity contribution in [3.63, 3.8) is 0 Å². The van der Waals surface area contributed by atoms with Gasteiger partial charge in [0, 0.05) is 29.5 Å². The third-order valence-corrected chi connectivity index (χ3v) is 4.80. The maximum absolute atomic E-state index is 5.93. The van der Waals surface area contributed by atoms with Crippen LogP contribution < -0.4 is 0 Å². The van der Waals surface area contributed by atoms with E-state index in [1.165, 1.54) is 25.7 Å². The molecule has 2 aromatic heterocycles. The first-order valence-electron chi connectivity index (χ1n) is 7.24. The molecule has 0 atom stereocenters. The fourth-order valence-corrected chi connectivity index (χ4v) is 3.49. The number of aryl methyl sites for hydroxylation is 1. The second-order valence-electron chi connectivity index (χ2n) is 5.80. The van der Waals surface area contributed by atoms with Gasteiger partial charge < -0.3 is 4.57 Å². The SMILES string of the molecule is CCCC1(Cn2c(CCCl)nc3cc(Br)cnc32)CC1. The van der Waals surface area contributed by atoms with Crippen LogP contribution in [0.4, 0.5) is 0 Å². The van der Waals surface area contributed by atoms with Crippen LogP contribution in [0.5, 0.6) is 0 Å². The summed E-state index contributed by atoms with van der Waals surface area (Å²) in [6.45, 7) is 3.30. The zero-order valence-electron chi connectivity index (χ0n) is 11.7. The summed E-state index contributed by atoms with van der Waals surface area (Å²) in [6.07, 6.45) is 7.86. The molecule has 0 radical (unpaired) electrons. The van der Waals surface area contributed by atoms with E-state index < -0.39 is 0 Å². The van der Waals surface area contributed by atoms with Crippen molar-refractivity contribution < 1.29 is 0 Å². The highest BCUT2D eigenvalue weighted by Crippen LogP contribution is 2.51. The number of hydrogen-bond donors (Lipinski definition) is 0. The predicted octanol–water partition coefficient (Wildman–Crippen LogP) is 4.56. The Morgan fingerprint density at radius 3 is 2.90 bits per heavy atom. The Labute approximate surface area is 132 Å². The Bertz CT molecular complexity index is 619. The van der Waals surface area contributed by atoms with Gasteiger partial charge in [0.25, 0.3) is 0 Å². The van der Waals surface area contributed by atoms with Gasteiger partial charge in [-0.3, -0.25) is 0 Å². The molecule has 0 bridgehead atoms. The molecule has 20 heavy (non-hydrogen) atoms. The van der Waals surface area contributed by atoms with Crippen LogP contribution in [-0.2, 0) is 13.0 Å². The molecule has 1 aliphatic carbocycles. The molecule has 0 aromatic carbocycles. The van der Waals surface area contributed by atoms with Crippen molar-refractivity contribution in [3.8, 4) is 0 Å². The first-order chi connectivity index (χ1) is 9.67. The third-order valence-electron chi connectivity index (χ3n) is 4.18. The maximum atomic E-state index is 5.93. The minimum Gasteiger partial charge on any atom is -0.312 e. The van der Waals surface area contributed by atoms with Gasteiger partial charge in [0.05, 0.1) is 0 Å². The van der Waals surface area contributed by atoms with Crippen molar-refractivity contribution >= 4 is 38.7 Å². The van der Waals surface area contributed by atoms with Gasteiger partial charge >= 0.3 is 0 Å². The number of nitrogens with zero attached hydrogens (tertiary/aromatic N) is 3. The van der Waals surface area contributed by atoms with Crippen LogP contribution in [0.3, 0.4) is 0 Å². The highest BCUT2D eigenvalue weighted by Gasteiger charge is 2.42. The van der Waals surface area contributed by atoms with E-state index in [9.17, 15) is 0 Å². The highest BCUT2D eigenvalue weighted by atomic mass is 79.9. The van der Waals surface area contributed by atoms with Crippen molar-refractivity contribution in [3.05, 3.63) is 22.6 Å². The summed E-state index contributed by atoms with van der Waals surface area (Å²) in [5, 5.41) is 0. The molecule has 0 aliphatic heterocycles. The van der Waals surface area contributed by atoms with Crippen molar-refractivity contribution in [1.29, 1.82) is 0 Å². The predicted molar refractivity (Wildman–Crippen MR) is 86.2 cm³/mol. The smallest absolute Gasteiger partial charge is 0.160 e. The Morgan fingerprint density at radius 2 is 2.25 bits per heavy atom. The lowest BCUT2D eigenvalue weighted by atomic mass is 10.0. The van der Waals surface area contributed by atoms with Crippen LogP contribution in [0, 0.1) is 5.41 Å². The molecule has 0 spiro atoms. The van der Waals surface area contributed by atoms with Crippen LogP contribution in [0.1, 0.15) is 38.4 Å². The van der Waals surface area contributed by atoms with E-state index in [0.29, 0.717) is 11.3 Å². The number of rotatable bonds is 6. The van der Waals surface area contributed by atoms with Crippen LogP contribution >= 0.6 is 27.5 Å². The van der Waals surface area contributed by atoms with E-state index in [4.69, 9.17) is 16.6 Å². The number of alkyl halides is 1. The third kappa shape index (κ3) is 2.73. The lowest BCUT2D eigenvalue weighted by Gasteiger charge is -2.17. The molecule has 2 aromatic rings. The molecule has 1 aliphatic rings. The second kappa shape index (κ2) is 5.64. The number of imidazole rings is 1. The van der Waals surface area contributed by atoms with Crippen molar-refractivity contribution in [1.82, 2.24) is 14.5 Å². The number of fused-ring (bicyclic) bond motifs is 1. The molecule has 0 saturated heterocycles. The quantitative estimate of drug-likeness (QED) is 0.711. The molecule has 0 amide bonds. The molecular weight excluding hydrogens is 338 g/mol. The van der Waals surface area contributed by atoms with Gasteiger partial charge in [-0.1, -0.05) is 13.3 Å². The molecule has 108 valence electrons. The zero-order chi connectivity index (χ0) is 14.2. The van der Waals surface area contributed by atoms with Crippen LogP contribution in [0.15, 0.2) is 16.7 Å². The first kappa shape index (κ1) is 14.3. The molecule has 3 nitrogen and oxygen atoms in total. The standard InChI is InChI=1S/C15H19BrClN3/c1-2-4-15(5-6-15)10-20-13(3-7-17)19-12-8-11(16)9-18-14(12)20/h8-9H,2-7,10H2,1H3. The van der Waals surface area contributed by atoms with E-state index in [1.807, 2.05) is 12.3 Å². The number of halogens is 2. The number of aromatic nitrogens is 3. The maximum Gasteiger partial charge on any atom is 0.160 e. The van der Waals surface area contributed by atoms with Gasteiger partial charge in [0.15, 0.2) is 5.65 Å². The van der Waals surface area contributed by atoms with Gasteiger partial charge in [-0.2, -0.15) is 0 Å². The van der Waals surface area contributed by atoms with Gasteiger partial charge in [-0.05, 0) is 46.7 Å². The number of pyridine rings is 1. The van der Waals surface area contributed by atoms with Crippen LogP contribution in [0.2, 0.25) is 0 Å². The molecule has 2 heterocycles. The van der Waals surface area contributed by atoms with E-state index in [0.717, 1.165) is 34.4 Å². The molecule has 3 rings (SSSR count). The normalized spacial score (nSPS) is 16.8. The Balaban J connectivity index is 2.00. The lowest BCUT2D eigenvalue weighted by Crippen LogP contribution is -2.15. The monoisotopic (exact) mass is 355 g/mol. The topological polar surface area (TPSA) is 30.7 Å². The van der Waals surface area contributed by atoms with E-state index in [-0.39, 0.29) is 0 Å². The highest BCUT2D eigenvalue weighted by molar-refractivity contribution is 9.10. The number of hydrogen-bond acceptors (Lipinski definition) is 2. The largest absolute Gasteiger partial charge is 0.312 e. The van der Waals surface area contributed by atoms with Crippen molar-refractivity contribution in [2.45, 2.75) is 45.6 Å². The van der Waals surface area contributed by atoms with Crippen LogP contribution in [-0.4, -0.2) is 20.4 Å². The van der Waals surface area contributed by atoms with Crippen LogP contribution in [0.25, 0.3) is 11.2 Å². The van der Waals surface area contributed by atoms with E-state index in [2.05, 4.69) is 32.4 Å². The van der Waals surface area contributed by atoms with E-state index >= 15 is 0 Å². The summed E-state index contributed by atoms with van der Waals surface area (Å²) < 4.78 is 3.27. The lowest BCUT2D eigenvalue weighted by molar-refractivity contribution is 0.386.